The second kappa shape index (κ2) is 32.4. The Morgan fingerprint density at radius 2 is 1.16 bits per heavy atom. The van der Waals surface area contributed by atoms with E-state index in [1.807, 2.05) is 38.4 Å². The summed E-state index contributed by atoms with van der Waals surface area (Å²) >= 11 is 25.8. The number of fused-ring (bicyclic) bond motifs is 2. The lowest BCUT2D eigenvalue weighted by Gasteiger charge is -2.33. The monoisotopic (exact) mass is 1220 g/mol. The molecule has 0 radical (unpaired) electrons. The first kappa shape index (κ1) is 64.7. The first-order valence-electron chi connectivity index (χ1n) is 26.6. The number of ether oxygens (including phenoxy) is 4. The molecule has 7 N–H and O–H groups in total. The third-order valence-electron chi connectivity index (χ3n) is 13.4. The van der Waals surface area contributed by atoms with E-state index in [9.17, 15) is 26.4 Å². The fourth-order valence-corrected chi connectivity index (χ4v) is 13.1. The van der Waals surface area contributed by atoms with Gasteiger partial charge in [-0.1, -0.05) is 77.1 Å². The number of benzene rings is 4. The van der Waals surface area contributed by atoms with Crippen molar-refractivity contribution < 1.29 is 45.4 Å². The number of nitrogens with two attached hydrogens (primary N) is 2. The molecule has 0 aliphatic carbocycles. The van der Waals surface area contributed by atoms with Crippen molar-refractivity contribution in [3.05, 3.63) is 126 Å². The largest absolute Gasteiger partial charge is 0.379 e. The number of guanidine groups is 1. The molecular weight excluding hydrogens is 1150 g/mol. The van der Waals surface area contributed by atoms with Gasteiger partial charge in [-0.25, -0.2) is 36.1 Å². The number of sulfonamides is 1. The number of sulfone groups is 1. The highest BCUT2D eigenvalue weighted by Gasteiger charge is 2.30. The number of hydrogen-bond acceptors (Lipinski definition) is 13. The summed E-state index contributed by atoms with van der Waals surface area (Å²) in [6.07, 6.45) is 4.19. The van der Waals surface area contributed by atoms with Gasteiger partial charge in [0.1, 0.15) is 0 Å². The molecule has 2 heterocycles. The number of unbranched alkanes of at least 4 members (excludes halogenated alkanes) is 2. The minimum absolute atomic E-state index is 0.0703. The summed E-state index contributed by atoms with van der Waals surface area (Å²) in [5.41, 5.74) is 17.1. The molecule has 438 valence electrons. The molecule has 4 aromatic rings. The molecule has 4 aromatic carbocycles. The van der Waals surface area contributed by atoms with Gasteiger partial charge in [-0.3, -0.25) is 10.3 Å². The van der Waals surface area contributed by atoms with Gasteiger partial charge >= 0.3 is 12.1 Å². The van der Waals surface area contributed by atoms with Crippen LogP contribution in [0.4, 0.5) is 9.59 Å². The predicted octanol–water partition coefficient (Wildman–Crippen LogP) is 8.14. The van der Waals surface area contributed by atoms with E-state index in [1.165, 1.54) is 0 Å². The zero-order valence-electron chi connectivity index (χ0n) is 45.2. The highest BCUT2D eigenvalue weighted by Crippen LogP contribution is 2.40. The van der Waals surface area contributed by atoms with Crippen LogP contribution in [0.3, 0.4) is 0 Å². The number of aliphatic imine (C=N–C) groups is 2. The lowest BCUT2D eigenvalue weighted by atomic mass is 9.85. The van der Waals surface area contributed by atoms with Crippen molar-refractivity contribution in [2.24, 2.45) is 21.5 Å². The van der Waals surface area contributed by atoms with E-state index in [-0.39, 0.29) is 79.5 Å². The Labute approximate surface area is 490 Å². The summed E-state index contributed by atoms with van der Waals surface area (Å²) in [7, 11) is -3.37. The average Bonchev–Trinajstić information content (AvgIpc) is 3.42. The summed E-state index contributed by atoms with van der Waals surface area (Å²) < 4.78 is 78.3. The maximum atomic E-state index is 13.3. The molecule has 6 rings (SSSR count). The van der Waals surface area contributed by atoms with Gasteiger partial charge in [-0.2, -0.15) is 0 Å². The van der Waals surface area contributed by atoms with Crippen LogP contribution >= 0.6 is 46.4 Å². The summed E-state index contributed by atoms with van der Waals surface area (Å²) in [6.45, 7) is 5.72. The zero-order valence-corrected chi connectivity index (χ0v) is 49.9. The van der Waals surface area contributed by atoms with Crippen LogP contribution in [0.25, 0.3) is 0 Å². The second-order valence-corrected chi connectivity index (χ2v) is 25.2. The molecule has 0 bridgehead atoms. The van der Waals surface area contributed by atoms with Crippen LogP contribution in [0.2, 0.25) is 20.1 Å². The van der Waals surface area contributed by atoms with Crippen molar-refractivity contribution in [1.82, 2.24) is 25.2 Å². The van der Waals surface area contributed by atoms with Crippen LogP contribution < -0.4 is 26.8 Å². The number of carbonyl (C=O) groups excluding carboxylic acids is 2. The first-order chi connectivity index (χ1) is 38.3. The van der Waals surface area contributed by atoms with E-state index < -0.39 is 31.9 Å². The van der Waals surface area contributed by atoms with Gasteiger partial charge in [0.2, 0.25) is 10.0 Å². The van der Waals surface area contributed by atoms with Gasteiger partial charge in [0.15, 0.2) is 15.8 Å². The van der Waals surface area contributed by atoms with E-state index >= 15 is 0 Å². The van der Waals surface area contributed by atoms with Crippen molar-refractivity contribution in [1.29, 1.82) is 0 Å². The van der Waals surface area contributed by atoms with Crippen LogP contribution in [0.1, 0.15) is 90.2 Å². The molecule has 0 saturated heterocycles. The highest BCUT2D eigenvalue weighted by molar-refractivity contribution is 7.91. The number of urea groups is 2. The summed E-state index contributed by atoms with van der Waals surface area (Å²) in [5, 5.41) is 7.76. The number of carbonyl (C=O) groups is 2. The number of rotatable bonds is 31. The Bertz CT molecular complexity index is 3010. The van der Waals surface area contributed by atoms with Crippen molar-refractivity contribution in [3.8, 4) is 0 Å². The number of nitrogens with zero attached hydrogens (tertiary/aromatic N) is 4. The van der Waals surface area contributed by atoms with E-state index in [4.69, 9.17) is 76.8 Å². The SMILES string of the molecule is CN1Cc2c(Cl)cc(Cl)cc2[C@@H](c2cccc(S(=O)(=O)CCCOCCOCCNC(=NCCCCCC(CCCOCCOCCNS(=O)(=O)c3cccc([C@H]4CN(C)Cc5c(Cl)cc(Cl)cc54)c3)=NC(N)=O)NC(N)=O)c2)C1. The second-order valence-electron chi connectivity index (χ2n) is 19.7. The van der Waals surface area contributed by atoms with Crippen molar-refractivity contribution in [2.45, 2.75) is 79.7 Å². The fraction of sp³-hybridized carbons (Fsp3) is 0.491. The Balaban J connectivity index is 0.784. The lowest BCUT2D eigenvalue weighted by molar-refractivity contribution is 0.0495. The summed E-state index contributed by atoms with van der Waals surface area (Å²) in [6, 6.07) is 19.7. The van der Waals surface area contributed by atoms with Crippen molar-refractivity contribution in [3.63, 3.8) is 0 Å². The normalized spacial score (nSPS) is 16.3. The number of hydrogen-bond donors (Lipinski definition) is 5. The standard InChI is InChI=1S/C55H73Cl4N9O10S2/c1-67-34-47(45-30-40(56)32-51(58)49(45)36-67)38-10-6-14-43(28-38)79(71,72)27-9-20-76-24-25-77-21-17-63-55(66-54(61)70)62-16-5-3-4-12-42(65-53(60)69)13-8-19-75-23-26-78-22-18-64-80(73,74)44-15-7-11-39(29-44)48-35-68(2)37-50-46(48)31-41(57)33-52(50)59/h6-7,10-11,14-15,28-33,47-48,64H,3-5,8-9,12-13,16-27,34-37H2,1-2H3,(H2,60,69)(H4,61,62,63,66,70)/t47-,48-/m1/s1. The molecule has 2 atom stereocenters. The zero-order chi connectivity index (χ0) is 57.7. The maximum absolute atomic E-state index is 13.3. The number of amides is 4. The van der Waals surface area contributed by atoms with Crippen LogP contribution in [-0.4, -0.2) is 156 Å². The van der Waals surface area contributed by atoms with Gasteiger partial charge in [-0.15, -0.1) is 0 Å². The molecule has 80 heavy (non-hydrogen) atoms. The smallest absolute Gasteiger partial charge is 0.338 e. The lowest BCUT2D eigenvalue weighted by Crippen LogP contribution is -2.44. The third kappa shape index (κ3) is 20.8. The molecule has 19 nitrogen and oxygen atoms in total. The molecule has 25 heteroatoms. The van der Waals surface area contributed by atoms with Gasteiger partial charge in [-0.05, 0) is 135 Å². The molecule has 0 aromatic heterocycles. The average molecular weight is 1230 g/mol. The summed E-state index contributed by atoms with van der Waals surface area (Å²) in [5.74, 6) is -0.0392. The first-order valence-corrected chi connectivity index (χ1v) is 31.2. The Morgan fingerprint density at radius 1 is 0.637 bits per heavy atom. The van der Waals surface area contributed by atoms with Gasteiger partial charge < -0.3 is 45.5 Å². The van der Waals surface area contributed by atoms with Crippen molar-refractivity contribution in [2.75, 3.05) is 105 Å². The molecular formula is C55H73Cl4N9O10S2. The molecule has 0 spiro atoms. The molecule has 0 saturated carbocycles. The van der Waals surface area contributed by atoms with Crippen LogP contribution in [0, 0.1) is 0 Å². The number of halogens is 4. The third-order valence-corrected chi connectivity index (χ3v) is 17.7. The van der Waals surface area contributed by atoms with E-state index in [2.05, 4.69) is 35.1 Å². The summed E-state index contributed by atoms with van der Waals surface area (Å²) in [4.78, 5) is 36.4. The molecule has 4 amide bonds. The Morgan fingerprint density at radius 3 is 1.74 bits per heavy atom. The number of likely N-dealkylation sites (N-methyl/N-ethyl adjacent to an activating group) is 2. The Kier molecular flexibility index (Phi) is 26.2. The fourth-order valence-electron chi connectivity index (χ4n) is 9.61. The topological polar surface area (TPSA) is 259 Å². The van der Waals surface area contributed by atoms with Gasteiger partial charge in [0.25, 0.3) is 0 Å². The van der Waals surface area contributed by atoms with Crippen molar-refractivity contribution >= 4 is 90.0 Å². The van der Waals surface area contributed by atoms with Crippen LogP contribution in [-0.2, 0) is 51.9 Å². The predicted molar refractivity (Wildman–Crippen MR) is 315 cm³/mol. The number of primary amides is 2. The minimum atomic E-state index is -3.81. The highest BCUT2D eigenvalue weighted by atomic mass is 35.5. The van der Waals surface area contributed by atoms with Gasteiger partial charge in [0.05, 0.1) is 55.2 Å². The molecule has 0 fully saturated rings. The molecule has 2 aliphatic rings. The Hall–Kier alpha value is -4.46. The van der Waals surface area contributed by atoms with E-state index in [1.54, 1.807) is 48.5 Å². The molecule has 0 unspecified atom stereocenters. The molecule has 2 aliphatic heterocycles. The minimum Gasteiger partial charge on any atom is -0.379 e. The van der Waals surface area contributed by atoms with Crippen LogP contribution in [0.15, 0.2) is 92.6 Å². The number of nitrogens with one attached hydrogen (secondary N) is 3. The van der Waals surface area contributed by atoms with Crippen LogP contribution in [0.5, 0.6) is 0 Å². The van der Waals surface area contributed by atoms with E-state index in [0.717, 1.165) is 46.2 Å². The maximum Gasteiger partial charge on any atom is 0.338 e. The quantitative estimate of drug-likeness (QED) is 0.0181. The van der Waals surface area contributed by atoms with Gasteiger partial charge in [0, 0.05) is 96.7 Å². The van der Waals surface area contributed by atoms with E-state index in [0.29, 0.717) is 110 Å².